The van der Waals surface area contributed by atoms with Gasteiger partial charge < -0.3 is 16.2 Å². The summed E-state index contributed by atoms with van der Waals surface area (Å²) in [5.41, 5.74) is 4.99. The van der Waals surface area contributed by atoms with Crippen molar-refractivity contribution < 1.29 is 14.7 Å². The molecular formula is C9H18N2O3. The zero-order chi connectivity index (χ0) is 11.0. The fourth-order valence-corrected chi connectivity index (χ4v) is 1.11. The minimum Gasteiger partial charge on any atom is -0.396 e. The summed E-state index contributed by atoms with van der Waals surface area (Å²) in [5, 5.41) is 11.1. The lowest BCUT2D eigenvalue weighted by atomic mass is 10.0. The summed E-state index contributed by atoms with van der Waals surface area (Å²) in [4.78, 5) is 21.7. The van der Waals surface area contributed by atoms with Gasteiger partial charge in [-0.15, -0.1) is 0 Å². The summed E-state index contributed by atoms with van der Waals surface area (Å²) in [6, 6.07) is 0. The van der Waals surface area contributed by atoms with E-state index in [2.05, 4.69) is 5.32 Å². The van der Waals surface area contributed by atoms with Gasteiger partial charge >= 0.3 is 0 Å². The van der Waals surface area contributed by atoms with Gasteiger partial charge in [-0.05, 0) is 12.3 Å². The molecule has 0 aliphatic rings. The van der Waals surface area contributed by atoms with Crippen LogP contribution in [0.5, 0.6) is 0 Å². The summed E-state index contributed by atoms with van der Waals surface area (Å²) in [7, 11) is 0. The average molecular weight is 202 g/mol. The molecule has 0 saturated carbocycles. The Kier molecular flexibility index (Phi) is 6.74. The summed E-state index contributed by atoms with van der Waals surface area (Å²) >= 11 is 0. The molecule has 0 saturated heterocycles. The maximum absolute atomic E-state index is 11.2. The van der Waals surface area contributed by atoms with E-state index in [0.717, 1.165) is 0 Å². The molecule has 0 spiro atoms. The Morgan fingerprint density at radius 1 is 1.43 bits per heavy atom. The Hall–Kier alpha value is -1.10. The molecule has 0 bridgehead atoms. The highest BCUT2D eigenvalue weighted by Gasteiger charge is 2.10. The maximum Gasteiger partial charge on any atom is 0.220 e. The Labute approximate surface area is 83.7 Å². The van der Waals surface area contributed by atoms with E-state index in [1.54, 1.807) is 6.92 Å². The normalized spacial score (nSPS) is 12.1. The summed E-state index contributed by atoms with van der Waals surface area (Å²) in [5.74, 6) is -0.519. The fourth-order valence-electron chi connectivity index (χ4n) is 1.11. The van der Waals surface area contributed by atoms with Crippen molar-refractivity contribution in [3.05, 3.63) is 0 Å². The number of nitrogens with one attached hydrogen (secondary N) is 1. The first-order valence-electron chi connectivity index (χ1n) is 4.72. The second-order valence-corrected chi connectivity index (χ2v) is 3.41. The monoisotopic (exact) mass is 202 g/mol. The number of nitrogens with two attached hydrogens (primary N) is 1. The van der Waals surface area contributed by atoms with Crippen LogP contribution >= 0.6 is 0 Å². The minimum atomic E-state index is -0.388. The third kappa shape index (κ3) is 7.54. The highest BCUT2D eigenvalue weighted by molar-refractivity contribution is 5.78. The summed E-state index contributed by atoms with van der Waals surface area (Å²) in [6.45, 7) is 2.34. The van der Waals surface area contributed by atoms with Gasteiger partial charge in [0.2, 0.25) is 11.8 Å². The standard InChI is InChI=1S/C9H18N2O3/c1-7(5-8(10)13)6-9(14)11-3-2-4-12/h7,12H,2-6H2,1H3,(H2,10,13)(H,11,14)/t7-/m1/s1. The Balaban J connectivity index is 3.55. The van der Waals surface area contributed by atoms with Gasteiger partial charge in [0, 0.05) is 26.0 Å². The van der Waals surface area contributed by atoms with E-state index in [4.69, 9.17) is 10.8 Å². The van der Waals surface area contributed by atoms with Gasteiger partial charge in [-0.1, -0.05) is 6.92 Å². The van der Waals surface area contributed by atoms with E-state index in [-0.39, 0.29) is 30.8 Å². The van der Waals surface area contributed by atoms with Crippen LogP contribution in [0.15, 0.2) is 0 Å². The van der Waals surface area contributed by atoms with Crippen molar-refractivity contribution in [3.8, 4) is 0 Å². The molecule has 2 amide bonds. The van der Waals surface area contributed by atoms with E-state index in [9.17, 15) is 9.59 Å². The van der Waals surface area contributed by atoms with Crippen molar-refractivity contribution in [3.63, 3.8) is 0 Å². The van der Waals surface area contributed by atoms with Gasteiger partial charge in [-0.3, -0.25) is 9.59 Å². The van der Waals surface area contributed by atoms with Crippen molar-refractivity contribution in [2.24, 2.45) is 11.7 Å². The largest absolute Gasteiger partial charge is 0.396 e. The Morgan fingerprint density at radius 2 is 2.07 bits per heavy atom. The van der Waals surface area contributed by atoms with E-state index in [1.807, 2.05) is 0 Å². The van der Waals surface area contributed by atoms with E-state index in [0.29, 0.717) is 19.4 Å². The van der Waals surface area contributed by atoms with Crippen molar-refractivity contribution in [1.82, 2.24) is 5.32 Å². The third-order valence-corrected chi connectivity index (χ3v) is 1.74. The quantitative estimate of drug-likeness (QED) is 0.481. The van der Waals surface area contributed by atoms with Crippen LogP contribution in [0.25, 0.3) is 0 Å². The lowest BCUT2D eigenvalue weighted by molar-refractivity contribution is -0.122. The number of carbonyl (C=O) groups excluding carboxylic acids is 2. The van der Waals surface area contributed by atoms with Gasteiger partial charge in [0.25, 0.3) is 0 Å². The van der Waals surface area contributed by atoms with Gasteiger partial charge in [-0.25, -0.2) is 0 Å². The average Bonchev–Trinajstić information content (AvgIpc) is 2.02. The molecule has 0 aliphatic heterocycles. The number of rotatable bonds is 7. The lowest BCUT2D eigenvalue weighted by Crippen LogP contribution is -2.27. The van der Waals surface area contributed by atoms with Gasteiger partial charge in [0.05, 0.1) is 0 Å². The molecule has 0 aromatic heterocycles. The molecule has 0 aliphatic carbocycles. The molecule has 0 rings (SSSR count). The first kappa shape index (κ1) is 12.9. The predicted octanol–water partition coefficient (Wildman–Crippen LogP) is -0.613. The molecule has 4 N–H and O–H groups in total. The molecular weight excluding hydrogens is 184 g/mol. The number of aliphatic hydroxyl groups is 1. The second-order valence-electron chi connectivity index (χ2n) is 3.41. The van der Waals surface area contributed by atoms with E-state index < -0.39 is 0 Å². The molecule has 1 atom stereocenters. The van der Waals surface area contributed by atoms with Crippen molar-refractivity contribution in [2.75, 3.05) is 13.2 Å². The predicted molar refractivity (Wildman–Crippen MR) is 52.3 cm³/mol. The SMILES string of the molecule is C[C@H](CC(N)=O)CC(=O)NCCCO. The molecule has 0 unspecified atom stereocenters. The molecule has 0 fully saturated rings. The zero-order valence-electron chi connectivity index (χ0n) is 8.45. The van der Waals surface area contributed by atoms with Crippen LogP contribution in [0.1, 0.15) is 26.2 Å². The first-order valence-corrected chi connectivity index (χ1v) is 4.72. The number of hydrogen-bond donors (Lipinski definition) is 3. The molecule has 5 heteroatoms. The van der Waals surface area contributed by atoms with Crippen LogP contribution < -0.4 is 11.1 Å². The maximum atomic E-state index is 11.2. The number of carbonyl (C=O) groups is 2. The molecule has 0 aromatic rings. The number of hydrogen-bond acceptors (Lipinski definition) is 3. The van der Waals surface area contributed by atoms with Crippen molar-refractivity contribution in [2.45, 2.75) is 26.2 Å². The van der Waals surface area contributed by atoms with Crippen LogP contribution in [0.3, 0.4) is 0 Å². The van der Waals surface area contributed by atoms with Crippen LogP contribution in [0.4, 0.5) is 0 Å². The summed E-state index contributed by atoms with van der Waals surface area (Å²) in [6.07, 6.45) is 1.08. The van der Waals surface area contributed by atoms with E-state index >= 15 is 0 Å². The van der Waals surface area contributed by atoms with Gasteiger partial charge in [0.1, 0.15) is 0 Å². The lowest BCUT2D eigenvalue weighted by Gasteiger charge is -2.08. The molecule has 82 valence electrons. The molecule has 14 heavy (non-hydrogen) atoms. The number of primary amides is 1. The van der Waals surface area contributed by atoms with Gasteiger partial charge in [-0.2, -0.15) is 0 Å². The minimum absolute atomic E-state index is 0.0263. The molecule has 0 heterocycles. The van der Waals surface area contributed by atoms with Crippen LogP contribution in [-0.4, -0.2) is 30.1 Å². The molecule has 0 aromatic carbocycles. The van der Waals surface area contributed by atoms with Crippen molar-refractivity contribution >= 4 is 11.8 Å². The number of amides is 2. The zero-order valence-corrected chi connectivity index (χ0v) is 8.45. The second kappa shape index (κ2) is 7.32. The highest BCUT2D eigenvalue weighted by atomic mass is 16.3. The van der Waals surface area contributed by atoms with Crippen LogP contribution in [-0.2, 0) is 9.59 Å². The summed E-state index contributed by atoms with van der Waals surface area (Å²) < 4.78 is 0. The number of aliphatic hydroxyl groups excluding tert-OH is 1. The van der Waals surface area contributed by atoms with Crippen molar-refractivity contribution in [1.29, 1.82) is 0 Å². The smallest absolute Gasteiger partial charge is 0.220 e. The third-order valence-electron chi connectivity index (χ3n) is 1.74. The topological polar surface area (TPSA) is 92.4 Å². The Bertz CT molecular complexity index is 194. The fraction of sp³-hybridized carbons (Fsp3) is 0.778. The highest BCUT2D eigenvalue weighted by Crippen LogP contribution is 2.05. The van der Waals surface area contributed by atoms with Crippen LogP contribution in [0.2, 0.25) is 0 Å². The Morgan fingerprint density at radius 3 is 2.57 bits per heavy atom. The molecule has 5 nitrogen and oxygen atoms in total. The van der Waals surface area contributed by atoms with Gasteiger partial charge in [0.15, 0.2) is 0 Å². The van der Waals surface area contributed by atoms with Crippen LogP contribution in [0, 0.1) is 5.92 Å². The first-order chi connectivity index (χ1) is 6.56. The molecule has 0 radical (unpaired) electrons. The van der Waals surface area contributed by atoms with E-state index in [1.165, 1.54) is 0 Å².